The smallest absolute Gasteiger partial charge is 0.126 e. The third kappa shape index (κ3) is 3.58. The Morgan fingerprint density at radius 1 is 1.20 bits per heavy atom. The van der Waals surface area contributed by atoms with Crippen molar-refractivity contribution in [3.63, 3.8) is 0 Å². The molecule has 0 amide bonds. The quantitative estimate of drug-likeness (QED) is 0.913. The zero-order valence-electron chi connectivity index (χ0n) is 11.5. The molecule has 2 rings (SSSR count). The number of hydrogen-bond acceptors (Lipinski definition) is 2. The highest BCUT2D eigenvalue weighted by Crippen LogP contribution is 2.25. The van der Waals surface area contributed by atoms with Crippen molar-refractivity contribution in [2.45, 2.75) is 12.5 Å². The first-order valence-corrected chi connectivity index (χ1v) is 7.16. The van der Waals surface area contributed by atoms with Crippen LogP contribution in [-0.4, -0.2) is 19.2 Å². The largest absolute Gasteiger partial charge is 0.388 e. The highest BCUT2D eigenvalue weighted by atomic mass is 79.9. The van der Waals surface area contributed by atoms with Gasteiger partial charge in [-0.2, -0.15) is 0 Å². The summed E-state index contributed by atoms with van der Waals surface area (Å²) in [5.74, 6) is -0.295. The normalized spacial score (nSPS) is 12.2. The van der Waals surface area contributed by atoms with Gasteiger partial charge in [0.05, 0.1) is 6.10 Å². The first-order chi connectivity index (χ1) is 9.47. The molecule has 1 unspecified atom stereocenters. The van der Waals surface area contributed by atoms with E-state index in [9.17, 15) is 9.50 Å². The third-order valence-electron chi connectivity index (χ3n) is 3.19. The fraction of sp³-hybridized carbons (Fsp3) is 0.250. The van der Waals surface area contributed by atoms with Crippen molar-refractivity contribution in [3.8, 4) is 0 Å². The third-order valence-corrected chi connectivity index (χ3v) is 3.69. The number of benzene rings is 2. The lowest BCUT2D eigenvalue weighted by Crippen LogP contribution is -2.10. The highest BCUT2D eigenvalue weighted by molar-refractivity contribution is 9.10. The molecule has 0 aliphatic rings. The molecule has 106 valence electrons. The molecule has 2 nitrogen and oxygen atoms in total. The first-order valence-electron chi connectivity index (χ1n) is 6.36. The van der Waals surface area contributed by atoms with E-state index < -0.39 is 6.10 Å². The van der Waals surface area contributed by atoms with Crippen LogP contribution in [0, 0.1) is 5.82 Å². The number of aliphatic hydroxyl groups excluding tert-OH is 1. The minimum absolute atomic E-state index is 0.252. The minimum Gasteiger partial charge on any atom is -0.388 e. The molecule has 0 bridgehead atoms. The second kappa shape index (κ2) is 6.37. The molecule has 0 saturated heterocycles. The van der Waals surface area contributed by atoms with E-state index >= 15 is 0 Å². The summed E-state index contributed by atoms with van der Waals surface area (Å²) in [5, 5.41) is 10.3. The molecule has 0 heterocycles. The Morgan fingerprint density at radius 3 is 2.65 bits per heavy atom. The monoisotopic (exact) mass is 337 g/mol. The molecule has 2 aromatic carbocycles. The van der Waals surface area contributed by atoms with E-state index in [1.165, 1.54) is 6.07 Å². The average Bonchev–Trinajstić information content (AvgIpc) is 2.43. The van der Waals surface area contributed by atoms with Crippen LogP contribution in [0.15, 0.2) is 46.9 Å². The van der Waals surface area contributed by atoms with E-state index in [4.69, 9.17) is 0 Å². The lowest BCUT2D eigenvalue weighted by Gasteiger charge is -2.17. The van der Waals surface area contributed by atoms with Gasteiger partial charge in [-0.3, -0.25) is 0 Å². The molecule has 20 heavy (non-hydrogen) atoms. The maximum Gasteiger partial charge on any atom is 0.126 e. The molecular weight excluding hydrogens is 321 g/mol. The van der Waals surface area contributed by atoms with Crippen molar-refractivity contribution in [2.24, 2.45) is 0 Å². The molecule has 4 heteroatoms. The lowest BCUT2D eigenvalue weighted by atomic mass is 10.0. The molecule has 0 aromatic heterocycles. The summed E-state index contributed by atoms with van der Waals surface area (Å²) in [6.45, 7) is 0. The second-order valence-electron chi connectivity index (χ2n) is 4.95. The van der Waals surface area contributed by atoms with Gasteiger partial charge < -0.3 is 10.0 Å². The van der Waals surface area contributed by atoms with Crippen molar-refractivity contribution in [3.05, 3.63) is 63.9 Å². The Balaban J connectivity index is 2.21. The van der Waals surface area contributed by atoms with Gasteiger partial charge in [0.1, 0.15) is 5.82 Å². The molecule has 0 radical (unpaired) electrons. The lowest BCUT2D eigenvalue weighted by molar-refractivity contribution is 0.177. The maximum absolute atomic E-state index is 13.7. The van der Waals surface area contributed by atoms with Crippen LogP contribution < -0.4 is 4.90 Å². The Hall–Kier alpha value is -1.39. The van der Waals surface area contributed by atoms with Gasteiger partial charge in [-0.1, -0.05) is 28.1 Å². The number of rotatable bonds is 4. The molecule has 0 spiro atoms. The molecule has 0 fully saturated rings. The fourth-order valence-corrected chi connectivity index (χ4v) is 2.44. The van der Waals surface area contributed by atoms with Gasteiger partial charge in [-0.15, -0.1) is 0 Å². The van der Waals surface area contributed by atoms with Crippen LogP contribution in [0.25, 0.3) is 0 Å². The number of halogens is 2. The summed E-state index contributed by atoms with van der Waals surface area (Å²) in [6.07, 6.45) is -0.471. The molecule has 1 N–H and O–H groups in total. The topological polar surface area (TPSA) is 23.5 Å². The molecule has 1 atom stereocenters. The van der Waals surface area contributed by atoms with Gasteiger partial charge in [0.2, 0.25) is 0 Å². The number of hydrogen-bond donors (Lipinski definition) is 1. The fourth-order valence-electron chi connectivity index (χ4n) is 2.04. The van der Waals surface area contributed by atoms with Gasteiger partial charge in [-0.05, 0) is 41.5 Å². The molecule has 0 aliphatic heterocycles. The van der Waals surface area contributed by atoms with E-state index in [1.807, 2.05) is 43.3 Å². The van der Waals surface area contributed by atoms with Crippen LogP contribution in [0.3, 0.4) is 0 Å². The average molecular weight is 338 g/mol. The van der Waals surface area contributed by atoms with Crippen LogP contribution in [0.4, 0.5) is 10.1 Å². The van der Waals surface area contributed by atoms with E-state index in [1.54, 1.807) is 12.1 Å². The Morgan fingerprint density at radius 2 is 1.95 bits per heavy atom. The van der Waals surface area contributed by atoms with Crippen LogP contribution in [-0.2, 0) is 6.42 Å². The van der Waals surface area contributed by atoms with Crippen LogP contribution in [0.5, 0.6) is 0 Å². The SMILES string of the molecule is CN(C)c1cccc(C(O)Cc2cc(Br)ccc2F)c1. The Kier molecular flexibility index (Phi) is 4.78. The Bertz CT molecular complexity index is 601. The van der Waals surface area contributed by atoms with Crippen molar-refractivity contribution >= 4 is 21.6 Å². The Labute approximate surface area is 127 Å². The molecular formula is C16H17BrFNO. The van der Waals surface area contributed by atoms with Gasteiger partial charge >= 0.3 is 0 Å². The van der Waals surface area contributed by atoms with Crippen LogP contribution in [0.1, 0.15) is 17.2 Å². The molecule has 0 saturated carbocycles. The van der Waals surface area contributed by atoms with Crippen molar-refractivity contribution in [2.75, 3.05) is 19.0 Å². The number of anilines is 1. The van der Waals surface area contributed by atoms with Gasteiger partial charge in [0.15, 0.2) is 0 Å². The predicted octanol–water partition coefficient (Wildman–Crippen LogP) is 3.93. The zero-order chi connectivity index (χ0) is 14.7. The number of aliphatic hydroxyl groups is 1. The van der Waals surface area contributed by atoms with Crippen molar-refractivity contribution in [1.82, 2.24) is 0 Å². The maximum atomic E-state index is 13.7. The van der Waals surface area contributed by atoms with Gasteiger partial charge in [0, 0.05) is 30.7 Å². The summed E-state index contributed by atoms with van der Waals surface area (Å²) in [5.41, 5.74) is 2.30. The molecule has 2 aromatic rings. The van der Waals surface area contributed by atoms with Crippen molar-refractivity contribution in [1.29, 1.82) is 0 Å². The van der Waals surface area contributed by atoms with E-state index in [0.717, 1.165) is 15.7 Å². The van der Waals surface area contributed by atoms with Gasteiger partial charge in [0.25, 0.3) is 0 Å². The standard InChI is InChI=1S/C16H17BrFNO/c1-19(2)14-5-3-4-11(9-14)16(20)10-12-8-13(17)6-7-15(12)18/h3-9,16,20H,10H2,1-2H3. The van der Waals surface area contributed by atoms with Gasteiger partial charge in [-0.25, -0.2) is 4.39 Å². The van der Waals surface area contributed by atoms with Crippen molar-refractivity contribution < 1.29 is 9.50 Å². The zero-order valence-corrected chi connectivity index (χ0v) is 13.1. The highest BCUT2D eigenvalue weighted by Gasteiger charge is 2.13. The number of nitrogens with zero attached hydrogens (tertiary/aromatic N) is 1. The second-order valence-corrected chi connectivity index (χ2v) is 5.86. The van der Waals surface area contributed by atoms with Crippen LogP contribution >= 0.6 is 15.9 Å². The summed E-state index contributed by atoms with van der Waals surface area (Å²) in [4.78, 5) is 1.97. The van der Waals surface area contributed by atoms with E-state index in [2.05, 4.69) is 15.9 Å². The summed E-state index contributed by atoms with van der Waals surface area (Å²) < 4.78 is 14.5. The van der Waals surface area contributed by atoms with Crippen LogP contribution in [0.2, 0.25) is 0 Å². The summed E-state index contributed by atoms with van der Waals surface area (Å²) in [6, 6.07) is 12.4. The molecule has 0 aliphatic carbocycles. The summed E-state index contributed by atoms with van der Waals surface area (Å²) >= 11 is 3.32. The first kappa shape index (κ1) is 15.0. The van der Waals surface area contributed by atoms with E-state index in [-0.39, 0.29) is 12.2 Å². The summed E-state index contributed by atoms with van der Waals surface area (Å²) in [7, 11) is 3.89. The minimum atomic E-state index is -0.723. The predicted molar refractivity (Wildman–Crippen MR) is 83.5 cm³/mol. The van der Waals surface area contributed by atoms with E-state index in [0.29, 0.717) is 5.56 Å².